The van der Waals surface area contributed by atoms with Crippen LogP contribution in [0.1, 0.15) is 58.8 Å². The average Bonchev–Trinajstić information content (AvgIpc) is 3.14. The highest BCUT2D eigenvalue weighted by molar-refractivity contribution is 4.87. The molecule has 0 aromatic heterocycles. The van der Waals surface area contributed by atoms with Crippen molar-refractivity contribution in [2.24, 2.45) is 23.5 Å². The minimum absolute atomic E-state index is 0.660. The zero-order valence-electron chi connectivity index (χ0n) is 12.4. The lowest BCUT2D eigenvalue weighted by molar-refractivity contribution is 0.103. The van der Waals surface area contributed by atoms with Crippen molar-refractivity contribution >= 4 is 0 Å². The Kier molecular flexibility index (Phi) is 5.50. The first kappa shape index (κ1) is 14.3. The van der Waals surface area contributed by atoms with E-state index in [0.29, 0.717) is 6.04 Å². The molecule has 3 atom stereocenters. The van der Waals surface area contributed by atoms with Crippen molar-refractivity contribution in [1.29, 1.82) is 0 Å². The molecule has 2 saturated carbocycles. The van der Waals surface area contributed by atoms with Crippen LogP contribution in [-0.2, 0) is 0 Å². The summed E-state index contributed by atoms with van der Waals surface area (Å²) in [5.41, 5.74) is 6.13. The van der Waals surface area contributed by atoms with Gasteiger partial charge in [0.2, 0.25) is 0 Å². The summed E-state index contributed by atoms with van der Waals surface area (Å²) in [6.07, 6.45) is 9.86. The SMILES string of the molecule is CCCN(CC1CC1)C(CN)C1CCCC(C)C1. The summed E-state index contributed by atoms with van der Waals surface area (Å²) in [7, 11) is 0. The van der Waals surface area contributed by atoms with Crippen LogP contribution in [0.15, 0.2) is 0 Å². The second kappa shape index (κ2) is 6.91. The van der Waals surface area contributed by atoms with E-state index in [9.17, 15) is 0 Å². The molecule has 2 N–H and O–H groups in total. The minimum atomic E-state index is 0.660. The molecule has 106 valence electrons. The molecule has 2 fully saturated rings. The fraction of sp³-hybridized carbons (Fsp3) is 1.00. The van der Waals surface area contributed by atoms with Gasteiger partial charge in [-0.05, 0) is 56.4 Å². The Labute approximate surface area is 113 Å². The molecular formula is C16H32N2. The van der Waals surface area contributed by atoms with E-state index in [1.807, 2.05) is 0 Å². The Morgan fingerprint density at radius 3 is 2.56 bits per heavy atom. The van der Waals surface area contributed by atoms with Crippen LogP contribution in [0.25, 0.3) is 0 Å². The summed E-state index contributed by atoms with van der Waals surface area (Å²) in [5, 5.41) is 0. The lowest BCUT2D eigenvalue weighted by Gasteiger charge is -2.40. The fourth-order valence-corrected chi connectivity index (χ4v) is 3.78. The van der Waals surface area contributed by atoms with Crippen LogP contribution in [-0.4, -0.2) is 30.6 Å². The van der Waals surface area contributed by atoms with E-state index in [1.54, 1.807) is 0 Å². The first-order valence-corrected chi connectivity index (χ1v) is 8.18. The Morgan fingerprint density at radius 1 is 1.22 bits per heavy atom. The number of rotatable bonds is 7. The maximum absolute atomic E-state index is 6.13. The number of nitrogens with two attached hydrogens (primary N) is 1. The predicted molar refractivity (Wildman–Crippen MR) is 78.6 cm³/mol. The van der Waals surface area contributed by atoms with E-state index in [0.717, 1.165) is 24.3 Å². The Balaban J connectivity index is 1.93. The third-order valence-corrected chi connectivity index (χ3v) is 4.93. The van der Waals surface area contributed by atoms with E-state index in [1.165, 1.54) is 58.0 Å². The molecule has 0 aliphatic heterocycles. The van der Waals surface area contributed by atoms with Crippen molar-refractivity contribution < 1.29 is 0 Å². The summed E-state index contributed by atoms with van der Waals surface area (Å²) in [4.78, 5) is 2.74. The van der Waals surface area contributed by atoms with Gasteiger partial charge >= 0.3 is 0 Å². The fourth-order valence-electron chi connectivity index (χ4n) is 3.78. The van der Waals surface area contributed by atoms with Gasteiger partial charge < -0.3 is 5.73 Å². The highest BCUT2D eigenvalue weighted by atomic mass is 15.2. The molecule has 0 heterocycles. The molecule has 3 unspecified atom stereocenters. The zero-order valence-corrected chi connectivity index (χ0v) is 12.4. The first-order chi connectivity index (χ1) is 8.74. The quantitative estimate of drug-likeness (QED) is 0.753. The third-order valence-electron chi connectivity index (χ3n) is 4.93. The molecule has 2 aliphatic carbocycles. The lowest BCUT2D eigenvalue weighted by atomic mass is 9.78. The molecule has 2 nitrogen and oxygen atoms in total. The molecule has 0 bridgehead atoms. The van der Waals surface area contributed by atoms with Crippen LogP contribution in [0.2, 0.25) is 0 Å². The highest BCUT2D eigenvalue weighted by Crippen LogP contribution is 2.35. The van der Waals surface area contributed by atoms with Crippen molar-refractivity contribution in [2.75, 3.05) is 19.6 Å². The minimum Gasteiger partial charge on any atom is -0.329 e. The molecule has 0 aromatic rings. The summed E-state index contributed by atoms with van der Waals surface area (Å²) >= 11 is 0. The van der Waals surface area contributed by atoms with E-state index in [4.69, 9.17) is 5.73 Å². The molecule has 2 aliphatic rings. The van der Waals surface area contributed by atoms with Gasteiger partial charge in [-0.1, -0.05) is 26.7 Å². The lowest BCUT2D eigenvalue weighted by Crippen LogP contribution is -2.48. The van der Waals surface area contributed by atoms with Crippen LogP contribution in [0.3, 0.4) is 0 Å². The number of nitrogens with zero attached hydrogens (tertiary/aromatic N) is 1. The summed E-state index contributed by atoms with van der Waals surface area (Å²) in [6, 6.07) is 0.660. The van der Waals surface area contributed by atoms with Gasteiger partial charge in [0.15, 0.2) is 0 Å². The standard InChI is InChI=1S/C16H32N2/c1-3-9-18(12-14-7-8-14)16(11-17)15-6-4-5-13(2)10-15/h13-16H,3-12,17H2,1-2H3. The van der Waals surface area contributed by atoms with E-state index >= 15 is 0 Å². The molecule has 2 heteroatoms. The maximum Gasteiger partial charge on any atom is 0.0246 e. The average molecular weight is 252 g/mol. The maximum atomic E-state index is 6.13. The first-order valence-electron chi connectivity index (χ1n) is 8.18. The third kappa shape index (κ3) is 3.96. The molecule has 18 heavy (non-hydrogen) atoms. The van der Waals surface area contributed by atoms with E-state index < -0.39 is 0 Å². The van der Waals surface area contributed by atoms with E-state index in [-0.39, 0.29) is 0 Å². The van der Waals surface area contributed by atoms with Crippen molar-refractivity contribution in [1.82, 2.24) is 4.90 Å². The largest absolute Gasteiger partial charge is 0.329 e. The number of hydrogen-bond acceptors (Lipinski definition) is 2. The van der Waals surface area contributed by atoms with Crippen molar-refractivity contribution in [2.45, 2.75) is 64.8 Å². The van der Waals surface area contributed by atoms with Crippen LogP contribution in [0.5, 0.6) is 0 Å². The number of hydrogen-bond donors (Lipinski definition) is 1. The zero-order chi connectivity index (χ0) is 13.0. The van der Waals surface area contributed by atoms with Gasteiger partial charge in [0, 0.05) is 19.1 Å². The molecule has 2 rings (SSSR count). The Morgan fingerprint density at radius 2 is 2.00 bits per heavy atom. The van der Waals surface area contributed by atoms with E-state index in [2.05, 4.69) is 18.7 Å². The van der Waals surface area contributed by atoms with Crippen molar-refractivity contribution in [3.05, 3.63) is 0 Å². The van der Waals surface area contributed by atoms with Crippen LogP contribution in [0, 0.1) is 17.8 Å². The van der Waals surface area contributed by atoms with Gasteiger partial charge in [0.1, 0.15) is 0 Å². The smallest absolute Gasteiger partial charge is 0.0246 e. The molecule has 0 amide bonds. The van der Waals surface area contributed by atoms with Crippen LogP contribution < -0.4 is 5.73 Å². The van der Waals surface area contributed by atoms with Gasteiger partial charge in [0.05, 0.1) is 0 Å². The Bertz CT molecular complexity index is 237. The second-order valence-corrected chi connectivity index (χ2v) is 6.77. The van der Waals surface area contributed by atoms with Crippen LogP contribution >= 0.6 is 0 Å². The van der Waals surface area contributed by atoms with Gasteiger partial charge in [-0.15, -0.1) is 0 Å². The van der Waals surface area contributed by atoms with Gasteiger partial charge in [-0.25, -0.2) is 0 Å². The highest BCUT2D eigenvalue weighted by Gasteiger charge is 2.32. The molecule has 0 radical (unpaired) electrons. The molecule has 0 aromatic carbocycles. The normalized spacial score (nSPS) is 30.7. The predicted octanol–water partition coefficient (Wildman–Crippen LogP) is 3.26. The second-order valence-electron chi connectivity index (χ2n) is 6.77. The summed E-state index contributed by atoms with van der Waals surface area (Å²) in [5.74, 6) is 2.78. The van der Waals surface area contributed by atoms with Crippen molar-refractivity contribution in [3.63, 3.8) is 0 Å². The molecule has 0 spiro atoms. The molecule has 0 saturated heterocycles. The Hall–Kier alpha value is -0.0800. The van der Waals surface area contributed by atoms with Gasteiger partial charge in [0.25, 0.3) is 0 Å². The van der Waals surface area contributed by atoms with Gasteiger partial charge in [-0.3, -0.25) is 4.90 Å². The van der Waals surface area contributed by atoms with Crippen molar-refractivity contribution in [3.8, 4) is 0 Å². The molecular weight excluding hydrogens is 220 g/mol. The topological polar surface area (TPSA) is 29.3 Å². The van der Waals surface area contributed by atoms with Gasteiger partial charge in [-0.2, -0.15) is 0 Å². The summed E-state index contributed by atoms with van der Waals surface area (Å²) < 4.78 is 0. The monoisotopic (exact) mass is 252 g/mol. The summed E-state index contributed by atoms with van der Waals surface area (Å²) in [6.45, 7) is 8.16. The van der Waals surface area contributed by atoms with Crippen LogP contribution in [0.4, 0.5) is 0 Å².